The maximum Gasteiger partial charge on any atom is 0.310 e. The molecule has 0 bridgehead atoms. The minimum Gasteiger partial charge on any atom is -0.497 e. The van der Waals surface area contributed by atoms with Crippen LogP contribution < -0.4 is 37.9 Å². The topological polar surface area (TPSA) is 236 Å². The minimum atomic E-state index is -0.787. The van der Waals surface area contributed by atoms with E-state index in [1.165, 1.54) is 82.0 Å². The van der Waals surface area contributed by atoms with Crippen LogP contribution in [0.5, 0.6) is 46.0 Å². The number of rotatable bonds is 16. The molecule has 8 heterocycles. The van der Waals surface area contributed by atoms with Crippen LogP contribution in [0.25, 0.3) is 22.3 Å². The second-order valence-electron chi connectivity index (χ2n) is 36.0. The lowest BCUT2D eigenvalue weighted by atomic mass is 9.85. The average Bonchev–Trinajstić information content (AvgIpc) is 0.960. The van der Waals surface area contributed by atoms with Crippen molar-refractivity contribution >= 4 is 46.2 Å². The standard InChI is InChI=1S/C26H29NO4.C26H31NO4.C25H26FNO4.C25H28FNO4/c1-17-3-5-22-23(13-17)31-15-19-14-20(30-2)4-6-21(19)24(22)18-7-11-27(12-8-18)16-26(9-10-26)25(28)29;1-17-5-7-22-23(13-17)31-15-19-14-20(30-4)6-8-21(19)24(22)18-9-11-27(12-10-18)16-26(2,3)25(28)29;1-30-22-13-19-17(12-20(22)26)14-31-21-5-3-2-4-18(21)23(19)16-6-10-27(11-7-16)15-25(8-9-25)24(28)29;1-25(2,24(28)29)15-27-10-8-16(9-11-27)23-18-6-4-5-7-21(18)31-14-17-12-20(26)22(30-3)13-19(17)23/h3-6,13-14H,7-12,15-16H2,1-2H3,(H,28,29);5-8,13-14H,9-12,15-16H2,1-4H3,(H,28,29);2-5,12-13H,6-11,14-15H2,1H3,(H,28,29);4-7,12-13H,8-11,14-15H2,1-3H3,(H,28,29). The summed E-state index contributed by atoms with van der Waals surface area (Å²) in [5.41, 5.74) is 22.5. The minimum absolute atomic E-state index is 0.219. The number of halogens is 2. The Balaban J connectivity index is 0.000000128. The molecular formula is C102H114F2N4O16. The SMILES string of the molecule is COc1cc2c(cc1F)COc1ccccc1C2=C1CCN(CC(C)(C)C(=O)O)CC1.COc1cc2c(cc1F)COc1ccccc1C2=C1CCN(CC2(C(=O)O)CC2)CC1.COc1ccc2c(c1)COc1cc(C)ccc1C2=C1CCN(CC(C)(C)C(=O)O)CC1.COc1ccc2c(c1)COc1cc(C)ccc1C2=C1CCN(CC2(C(=O)O)CC2)CC1. The molecule has 6 fully saturated rings. The third kappa shape index (κ3) is 19.0. The molecule has 22 heteroatoms. The van der Waals surface area contributed by atoms with Crippen molar-refractivity contribution in [2.45, 2.75) is 145 Å². The van der Waals surface area contributed by atoms with Crippen molar-refractivity contribution in [1.29, 1.82) is 0 Å². The number of piperidine rings is 4. The summed E-state index contributed by atoms with van der Waals surface area (Å²) in [4.78, 5) is 55.3. The van der Waals surface area contributed by atoms with Gasteiger partial charge in [-0.05, 0) is 247 Å². The maximum atomic E-state index is 14.4. The smallest absolute Gasteiger partial charge is 0.310 e. The van der Waals surface area contributed by atoms with Gasteiger partial charge in [-0.1, -0.05) is 95.1 Å². The fraction of sp³-hybridized carbons (Fsp3) is 0.412. The summed E-state index contributed by atoms with van der Waals surface area (Å²) in [6.07, 6.45) is 10.2. The molecule has 0 amide bonds. The summed E-state index contributed by atoms with van der Waals surface area (Å²) in [5, 5.41) is 38.0. The zero-order valence-electron chi connectivity index (χ0n) is 72.9. The monoisotopic (exact) mass is 1690 g/mol. The van der Waals surface area contributed by atoms with E-state index in [-0.39, 0.29) is 11.5 Å². The highest BCUT2D eigenvalue weighted by atomic mass is 19.1. The molecule has 0 radical (unpaired) electrons. The van der Waals surface area contributed by atoms with Crippen LogP contribution in [0.4, 0.5) is 8.78 Å². The Kier molecular flexibility index (Phi) is 26.0. The van der Waals surface area contributed by atoms with Gasteiger partial charge in [-0.15, -0.1) is 0 Å². The van der Waals surface area contributed by atoms with Crippen LogP contribution in [-0.4, -0.2) is 171 Å². The quantitative estimate of drug-likeness (QED) is 0.0703. The van der Waals surface area contributed by atoms with Crippen LogP contribution in [0.1, 0.15) is 183 Å². The number of nitrogens with zero attached hydrogens (tertiary/aromatic N) is 4. The lowest BCUT2D eigenvalue weighted by Gasteiger charge is -2.34. The van der Waals surface area contributed by atoms with E-state index >= 15 is 0 Å². The largest absolute Gasteiger partial charge is 0.497 e. The zero-order valence-corrected chi connectivity index (χ0v) is 72.9. The number of benzene rings is 8. The predicted molar refractivity (Wildman–Crippen MR) is 473 cm³/mol. The Bertz CT molecular complexity index is 5220. The van der Waals surface area contributed by atoms with Gasteiger partial charge in [0.15, 0.2) is 23.1 Å². The van der Waals surface area contributed by atoms with Crippen LogP contribution in [0, 0.1) is 47.1 Å². The molecule has 18 rings (SSSR count). The molecule has 0 aromatic heterocycles. The molecule has 8 aliphatic heterocycles. The lowest BCUT2D eigenvalue weighted by molar-refractivity contribution is -0.148. The normalized spacial score (nSPS) is 18.2. The predicted octanol–water partition coefficient (Wildman–Crippen LogP) is 18.8. The van der Waals surface area contributed by atoms with E-state index in [1.807, 2.05) is 54.6 Å². The molecule has 10 aliphatic rings. The number of aliphatic carboxylic acids is 4. The van der Waals surface area contributed by atoms with Gasteiger partial charge in [-0.2, -0.15) is 0 Å². The van der Waals surface area contributed by atoms with Gasteiger partial charge in [0.25, 0.3) is 0 Å². The van der Waals surface area contributed by atoms with Gasteiger partial charge < -0.3 is 77.9 Å². The first-order valence-corrected chi connectivity index (χ1v) is 43.3. The Morgan fingerprint density at radius 3 is 0.976 bits per heavy atom. The third-order valence-corrected chi connectivity index (χ3v) is 26.4. The van der Waals surface area contributed by atoms with E-state index in [2.05, 4.69) is 100 Å². The van der Waals surface area contributed by atoms with Gasteiger partial charge in [0.05, 0.1) is 50.1 Å². The first kappa shape index (κ1) is 87.6. The third-order valence-electron chi connectivity index (χ3n) is 26.4. The molecule has 20 nitrogen and oxygen atoms in total. The van der Waals surface area contributed by atoms with Crippen molar-refractivity contribution in [1.82, 2.24) is 19.6 Å². The van der Waals surface area contributed by atoms with Crippen molar-refractivity contribution < 1.29 is 86.3 Å². The summed E-state index contributed by atoms with van der Waals surface area (Å²) in [6, 6.07) is 47.8. The van der Waals surface area contributed by atoms with Gasteiger partial charge in [0.2, 0.25) is 0 Å². The number of likely N-dealkylation sites (tertiary alicyclic amines) is 4. The molecule has 8 aromatic rings. The highest BCUT2D eigenvalue weighted by molar-refractivity contribution is 5.91. The van der Waals surface area contributed by atoms with Gasteiger partial charge in [0, 0.05) is 123 Å². The van der Waals surface area contributed by atoms with Gasteiger partial charge in [0.1, 0.15) is 60.9 Å². The molecule has 0 spiro atoms. The highest BCUT2D eigenvalue weighted by Crippen LogP contribution is 2.52. The number of carbonyl (C=O) groups is 4. The van der Waals surface area contributed by atoms with Crippen molar-refractivity contribution in [2.24, 2.45) is 21.7 Å². The van der Waals surface area contributed by atoms with E-state index in [1.54, 1.807) is 54.0 Å². The highest BCUT2D eigenvalue weighted by Gasteiger charge is 2.52. The number of para-hydroxylation sites is 2. The molecule has 124 heavy (non-hydrogen) atoms. The number of carboxylic acid groups (broad SMARTS) is 4. The first-order valence-electron chi connectivity index (χ1n) is 43.3. The van der Waals surface area contributed by atoms with Gasteiger partial charge in [-0.25, -0.2) is 8.78 Å². The van der Waals surface area contributed by atoms with Crippen LogP contribution in [0.2, 0.25) is 0 Å². The molecule has 2 saturated carbocycles. The molecule has 0 unspecified atom stereocenters. The van der Waals surface area contributed by atoms with Crippen molar-refractivity contribution in [3.8, 4) is 46.0 Å². The Morgan fingerprint density at radius 1 is 0.363 bits per heavy atom. The number of carboxylic acids is 4. The zero-order chi connectivity index (χ0) is 87.5. The van der Waals surface area contributed by atoms with Crippen LogP contribution in [0.3, 0.4) is 0 Å². The van der Waals surface area contributed by atoms with E-state index in [0.29, 0.717) is 52.6 Å². The molecule has 4 N–H and O–H groups in total. The van der Waals surface area contributed by atoms with Crippen molar-refractivity contribution in [3.63, 3.8) is 0 Å². The second-order valence-corrected chi connectivity index (χ2v) is 36.0. The number of fused-ring (bicyclic) bond motifs is 8. The van der Waals surface area contributed by atoms with E-state index in [9.17, 15) is 48.4 Å². The average molecular weight is 1690 g/mol. The van der Waals surface area contributed by atoms with E-state index in [4.69, 9.17) is 37.9 Å². The van der Waals surface area contributed by atoms with E-state index < -0.39 is 57.2 Å². The van der Waals surface area contributed by atoms with Crippen LogP contribution in [0.15, 0.2) is 168 Å². The number of methoxy groups -OCH3 is 4. The Labute approximate surface area is 725 Å². The molecular weight excluding hydrogens is 1580 g/mol. The second kappa shape index (κ2) is 36.9. The summed E-state index contributed by atoms with van der Waals surface area (Å²) in [5.74, 6) is 1.94. The Morgan fingerprint density at radius 2 is 0.661 bits per heavy atom. The molecule has 4 saturated heterocycles. The van der Waals surface area contributed by atoms with Gasteiger partial charge >= 0.3 is 23.9 Å². The summed E-state index contributed by atoms with van der Waals surface area (Å²) in [6.45, 7) is 22.1. The number of aryl methyl sites for hydroxylation is 2. The van der Waals surface area contributed by atoms with Crippen LogP contribution >= 0.6 is 0 Å². The first-order chi connectivity index (χ1) is 59.6. The maximum absolute atomic E-state index is 14.4. The van der Waals surface area contributed by atoms with Crippen molar-refractivity contribution in [3.05, 3.63) is 257 Å². The molecule has 652 valence electrons. The number of hydrogen-bond donors (Lipinski definition) is 4. The van der Waals surface area contributed by atoms with Crippen LogP contribution in [-0.2, 0) is 45.6 Å². The Hall–Kier alpha value is -11.3. The number of hydrogen-bond acceptors (Lipinski definition) is 16. The molecule has 8 aromatic carbocycles. The fourth-order valence-corrected chi connectivity index (χ4v) is 18.8. The van der Waals surface area contributed by atoms with Gasteiger partial charge in [-0.3, -0.25) is 19.2 Å². The van der Waals surface area contributed by atoms with E-state index in [0.717, 1.165) is 231 Å². The summed E-state index contributed by atoms with van der Waals surface area (Å²) < 4.78 is 74.8. The fourth-order valence-electron chi connectivity index (χ4n) is 18.8. The molecule has 2 aliphatic carbocycles. The lowest BCUT2D eigenvalue weighted by Crippen LogP contribution is -2.42. The number of ether oxygens (including phenoxy) is 8. The van der Waals surface area contributed by atoms with Crippen molar-refractivity contribution in [2.75, 3.05) is 107 Å². The summed E-state index contributed by atoms with van der Waals surface area (Å²) >= 11 is 0. The summed E-state index contributed by atoms with van der Waals surface area (Å²) in [7, 11) is 6.33. The molecule has 0 atom stereocenters.